The average Bonchev–Trinajstić information content (AvgIpc) is 3.04. The minimum absolute atomic E-state index is 0.965. The monoisotopic (exact) mass is 298 g/mol. The number of fused-ring (bicyclic) bond motifs is 2. The second-order valence-electron chi connectivity index (χ2n) is 5.75. The molecule has 5 heteroatoms. The van der Waals surface area contributed by atoms with E-state index in [1.54, 1.807) is 4.88 Å². The molecule has 1 aliphatic rings. The van der Waals surface area contributed by atoms with Crippen molar-refractivity contribution in [3.63, 3.8) is 0 Å². The van der Waals surface area contributed by atoms with Gasteiger partial charge in [-0.25, -0.2) is 4.98 Å². The minimum atomic E-state index is 0.965. The molecule has 4 nitrogen and oxygen atoms in total. The largest absolute Gasteiger partial charge is 0.294 e. The quantitative estimate of drug-likeness (QED) is 0.729. The summed E-state index contributed by atoms with van der Waals surface area (Å²) in [6, 6.07) is 4.51. The lowest BCUT2D eigenvalue weighted by Crippen LogP contribution is -2.29. The van der Waals surface area contributed by atoms with E-state index in [1.807, 2.05) is 36.2 Å². The van der Waals surface area contributed by atoms with Crippen LogP contribution in [0.5, 0.6) is 0 Å². The first-order chi connectivity index (χ1) is 10.2. The highest BCUT2D eigenvalue weighted by Crippen LogP contribution is 2.25. The molecule has 0 bridgehead atoms. The van der Waals surface area contributed by atoms with Gasteiger partial charge in [-0.3, -0.25) is 9.58 Å². The molecule has 0 spiro atoms. The lowest BCUT2D eigenvalue weighted by Gasteiger charge is -2.26. The van der Waals surface area contributed by atoms with Crippen LogP contribution in [0.4, 0.5) is 0 Å². The smallest absolute Gasteiger partial charge is 0.157 e. The van der Waals surface area contributed by atoms with Gasteiger partial charge < -0.3 is 0 Å². The molecule has 0 fully saturated rings. The molecule has 0 unspecified atom stereocenters. The molecule has 4 rings (SSSR count). The molecule has 21 heavy (non-hydrogen) atoms. The van der Waals surface area contributed by atoms with Crippen LogP contribution in [0, 0.1) is 6.92 Å². The molecular formula is C16H18N4S. The molecule has 3 aromatic rings. The van der Waals surface area contributed by atoms with Gasteiger partial charge >= 0.3 is 0 Å². The molecule has 0 radical (unpaired) electrons. The summed E-state index contributed by atoms with van der Waals surface area (Å²) in [5, 5.41) is 7.82. The number of pyridine rings is 1. The van der Waals surface area contributed by atoms with E-state index in [-0.39, 0.29) is 0 Å². The van der Waals surface area contributed by atoms with E-state index < -0.39 is 0 Å². The van der Waals surface area contributed by atoms with Crippen LogP contribution in [0.2, 0.25) is 0 Å². The summed E-state index contributed by atoms with van der Waals surface area (Å²) in [7, 11) is 1.95. The Morgan fingerprint density at radius 3 is 3.19 bits per heavy atom. The molecule has 0 atom stereocenters. The van der Waals surface area contributed by atoms with Crippen LogP contribution < -0.4 is 0 Å². The van der Waals surface area contributed by atoms with Gasteiger partial charge in [-0.05, 0) is 42.0 Å². The van der Waals surface area contributed by atoms with Crippen molar-refractivity contribution in [1.29, 1.82) is 0 Å². The Bertz CT molecular complexity index is 802. The molecule has 0 aromatic carbocycles. The topological polar surface area (TPSA) is 34.0 Å². The lowest BCUT2D eigenvalue weighted by atomic mass is 10.1. The van der Waals surface area contributed by atoms with Gasteiger partial charge in [-0.2, -0.15) is 5.10 Å². The Kier molecular flexibility index (Phi) is 3.05. The number of rotatable bonds is 2. The molecule has 0 amide bonds. The van der Waals surface area contributed by atoms with Crippen molar-refractivity contribution in [1.82, 2.24) is 19.7 Å². The van der Waals surface area contributed by atoms with Crippen LogP contribution in [0.1, 0.15) is 21.7 Å². The van der Waals surface area contributed by atoms with Gasteiger partial charge in [0, 0.05) is 43.1 Å². The molecule has 3 aromatic heterocycles. The number of aromatic nitrogens is 3. The maximum atomic E-state index is 4.58. The van der Waals surface area contributed by atoms with Gasteiger partial charge in [0.1, 0.15) is 0 Å². The van der Waals surface area contributed by atoms with Gasteiger partial charge in [0.05, 0.1) is 5.69 Å². The molecular weight excluding hydrogens is 280 g/mol. The first-order valence-electron chi connectivity index (χ1n) is 7.26. The van der Waals surface area contributed by atoms with E-state index in [4.69, 9.17) is 0 Å². The predicted octanol–water partition coefficient (Wildman–Crippen LogP) is 2.90. The maximum absolute atomic E-state index is 4.58. The van der Waals surface area contributed by atoms with Crippen LogP contribution >= 0.6 is 11.3 Å². The van der Waals surface area contributed by atoms with E-state index in [9.17, 15) is 0 Å². The first-order valence-corrected chi connectivity index (χ1v) is 8.14. The summed E-state index contributed by atoms with van der Waals surface area (Å²) < 4.78 is 1.85. The van der Waals surface area contributed by atoms with Crippen LogP contribution in [-0.4, -0.2) is 26.2 Å². The lowest BCUT2D eigenvalue weighted by molar-refractivity contribution is 0.247. The normalized spacial score (nSPS) is 15.5. The first kappa shape index (κ1) is 13.0. The van der Waals surface area contributed by atoms with E-state index >= 15 is 0 Å². The zero-order valence-electron chi connectivity index (χ0n) is 12.3. The molecule has 0 aliphatic carbocycles. The van der Waals surface area contributed by atoms with Crippen molar-refractivity contribution in [2.24, 2.45) is 7.05 Å². The molecule has 1 aliphatic heterocycles. The number of hydrogen-bond donors (Lipinski definition) is 0. The molecule has 0 saturated heterocycles. The van der Waals surface area contributed by atoms with E-state index in [0.29, 0.717) is 0 Å². The third kappa shape index (κ3) is 2.26. The van der Waals surface area contributed by atoms with Gasteiger partial charge in [-0.15, -0.1) is 11.3 Å². The van der Waals surface area contributed by atoms with Crippen LogP contribution in [-0.2, 0) is 26.6 Å². The van der Waals surface area contributed by atoms with Crippen LogP contribution in [0.15, 0.2) is 23.7 Å². The fraction of sp³-hybridized carbons (Fsp3) is 0.375. The van der Waals surface area contributed by atoms with E-state index in [1.165, 1.54) is 22.9 Å². The van der Waals surface area contributed by atoms with E-state index in [2.05, 4.69) is 32.5 Å². The van der Waals surface area contributed by atoms with Crippen molar-refractivity contribution in [3.05, 3.63) is 45.4 Å². The number of thiophene rings is 1. The minimum Gasteiger partial charge on any atom is -0.294 e. The highest BCUT2D eigenvalue weighted by atomic mass is 32.1. The van der Waals surface area contributed by atoms with Crippen molar-refractivity contribution in [2.45, 2.75) is 26.4 Å². The van der Waals surface area contributed by atoms with Crippen LogP contribution in [0.3, 0.4) is 0 Å². The Labute approximate surface area is 128 Å². The second-order valence-corrected chi connectivity index (χ2v) is 6.75. The summed E-state index contributed by atoms with van der Waals surface area (Å²) in [6.45, 7) is 5.21. The third-order valence-corrected chi connectivity index (χ3v) is 5.24. The Hall–Kier alpha value is -1.72. The van der Waals surface area contributed by atoms with Gasteiger partial charge in [0.25, 0.3) is 0 Å². The molecule has 0 N–H and O–H groups in total. The van der Waals surface area contributed by atoms with Crippen molar-refractivity contribution in [2.75, 3.05) is 6.54 Å². The third-order valence-electron chi connectivity index (χ3n) is 4.21. The zero-order valence-corrected chi connectivity index (χ0v) is 13.2. The summed E-state index contributed by atoms with van der Waals surface area (Å²) in [6.07, 6.45) is 3.17. The Morgan fingerprint density at radius 1 is 1.38 bits per heavy atom. The number of nitrogens with zero attached hydrogens (tertiary/aromatic N) is 4. The highest BCUT2D eigenvalue weighted by Gasteiger charge is 2.17. The fourth-order valence-electron chi connectivity index (χ4n) is 3.14. The Morgan fingerprint density at radius 2 is 2.29 bits per heavy atom. The summed E-state index contributed by atoms with van der Waals surface area (Å²) in [5.41, 5.74) is 4.80. The summed E-state index contributed by atoms with van der Waals surface area (Å²) in [4.78, 5) is 8.64. The molecule has 4 heterocycles. The van der Waals surface area contributed by atoms with Crippen molar-refractivity contribution >= 4 is 22.4 Å². The van der Waals surface area contributed by atoms with Crippen molar-refractivity contribution in [3.8, 4) is 0 Å². The van der Waals surface area contributed by atoms with Gasteiger partial charge in [0.2, 0.25) is 0 Å². The van der Waals surface area contributed by atoms with E-state index in [0.717, 1.165) is 31.0 Å². The summed E-state index contributed by atoms with van der Waals surface area (Å²) >= 11 is 1.89. The SMILES string of the molecule is Cc1nn(C)c2ncc(CN3CCc4sccc4C3)cc12. The van der Waals surface area contributed by atoms with Gasteiger partial charge in [-0.1, -0.05) is 0 Å². The highest BCUT2D eigenvalue weighted by molar-refractivity contribution is 7.10. The number of aryl methyl sites for hydroxylation is 2. The van der Waals surface area contributed by atoms with Gasteiger partial charge in [0.15, 0.2) is 5.65 Å². The van der Waals surface area contributed by atoms with Crippen LogP contribution in [0.25, 0.3) is 11.0 Å². The zero-order chi connectivity index (χ0) is 14.4. The fourth-order valence-corrected chi connectivity index (χ4v) is 4.03. The molecule has 108 valence electrons. The Balaban J connectivity index is 1.59. The second kappa shape index (κ2) is 4.93. The number of hydrogen-bond acceptors (Lipinski definition) is 4. The van der Waals surface area contributed by atoms with Crippen molar-refractivity contribution < 1.29 is 0 Å². The predicted molar refractivity (Wildman–Crippen MR) is 85.4 cm³/mol. The standard InChI is InChI=1S/C16H18N4S/c1-11-14-7-12(8-17-16(14)19(2)18-11)9-20-5-3-15-13(10-20)4-6-21-15/h4,6-8H,3,5,9-10H2,1-2H3. The summed E-state index contributed by atoms with van der Waals surface area (Å²) in [5.74, 6) is 0. The molecule has 0 saturated carbocycles. The average molecular weight is 298 g/mol. The maximum Gasteiger partial charge on any atom is 0.157 e.